The quantitative estimate of drug-likeness (QED) is 0.633. The number of esters is 1. The zero-order chi connectivity index (χ0) is 20.1. The second-order valence-corrected chi connectivity index (χ2v) is 6.67. The van der Waals surface area contributed by atoms with E-state index in [4.69, 9.17) is 9.47 Å². The number of benzene rings is 2. The van der Waals surface area contributed by atoms with Crippen LogP contribution >= 0.6 is 0 Å². The number of fused-ring (bicyclic) bond motifs is 1. The van der Waals surface area contributed by atoms with E-state index >= 15 is 0 Å². The normalized spacial score (nSPS) is 12.0. The maximum absolute atomic E-state index is 12.3. The molecule has 0 fully saturated rings. The van der Waals surface area contributed by atoms with Crippen molar-refractivity contribution < 1.29 is 19.1 Å². The van der Waals surface area contributed by atoms with E-state index in [-0.39, 0.29) is 12.6 Å². The zero-order valence-electron chi connectivity index (χ0n) is 16.1. The molecule has 7 heteroatoms. The monoisotopic (exact) mass is 381 g/mol. The van der Waals surface area contributed by atoms with Crippen LogP contribution in [0.3, 0.4) is 0 Å². The number of hydrogen-bond acceptors (Lipinski definition) is 5. The van der Waals surface area contributed by atoms with Crippen molar-refractivity contribution in [3.8, 4) is 5.75 Å². The number of anilines is 1. The van der Waals surface area contributed by atoms with Gasteiger partial charge in [0.05, 0.1) is 6.20 Å². The third-order valence-corrected chi connectivity index (χ3v) is 4.17. The number of rotatable bonds is 7. The van der Waals surface area contributed by atoms with Gasteiger partial charge in [-0.15, -0.1) is 0 Å². The molecule has 0 saturated carbocycles. The molecular weight excluding hydrogens is 358 g/mol. The van der Waals surface area contributed by atoms with Crippen LogP contribution in [0.25, 0.3) is 10.8 Å². The lowest BCUT2D eigenvalue weighted by Crippen LogP contribution is -2.32. The first-order valence-corrected chi connectivity index (χ1v) is 9.09. The first-order chi connectivity index (χ1) is 13.4. The number of nitrogens with one attached hydrogen (secondary N) is 1. The Kier molecular flexibility index (Phi) is 5.93. The largest absolute Gasteiger partial charge is 0.482 e. The molecule has 7 nitrogen and oxygen atoms in total. The lowest BCUT2D eigenvalue weighted by Gasteiger charge is -2.16. The van der Waals surface area contributed by atoms with Gasteiger partial charge in [0.2, 0.25) is 0 Å². The lowest BCUT2D eigenvalue weighted by molar-refractivity contribution is -0.155. The average molecular weight is 381 g/mol. The topological polar surface area (TPSA) is 82.5 Å². The molecule has 1 aromatic heterocycles. The summed E-state index contributed by atoms with van der Waals surface area (Å²) in [4.78, 5) is 24.3. The van der Waals surface area contributed by atoms with E-state index in [9.17, 15) is 9.59 Å². The fraction of sp³-hybridized carbons (Fsp3) is 0.286. The average Bonchev–Trinajstić information content (AvgIpc) is 3.14. The molecule has 3 rings (SSSR count). The number of nitrogens with zero attached hydrogens (tertiary/aromatic N) is 2. The van der Waals surface area contributed by atoms with E-state index in [0.717, 1.165) is 10.8 Å². The van der Waals surface area contributed by atoms with Gasteiger partial charge in [-0.3, -0.25) is 4.79 Å². The van der Waals surface area contributed by atoms with E-state index in [0.29, 0.717) is 11.6 Å². The van der Waals surface area contributed by atoms with Crippen LogP contribution in [0.1, 0.15) is 26.8 Å². The van der Waals surface area contributed by atoms with Crippen LogP contribution < -0.4 is 10.1 Å². The molecule has 1 atom stereocenters. The summed E-state index contributed by atoms with van der Waals surface area (Å²) in [5.74, 6) is 0.0681. The molecule has 0 aliphatic rings. The van der Waals surface area contributed by atoms with Crippen molar-refractivity contribution in [2.75, 3.05) is 11.9 Å². The first-order valence-electron chi connectivity index (χ1n) is 9.09. The summed E-state index contributed by atoms with van der Waals surface area (Å²) in [6.45, 7) is 5.14. The van der Waals surface area contributed by atoms with Crippen LogP contribution in [0, 0.1) is 0 Å². The van der Waals surface area contributed by atoms with Gasteiger partial charge in [-0.05, 0) is 43.7 Å². The highest BCUT2D eigenvalue weighted by molar-refractivity contribution is 5.94. The van der Waals surface area contributed by atoms with E-state index in [1.807, 2.05) is 50.2 Å². The minimum atomic E-state index is -0.955. The van der Waals surface area contributed by atoms with Crippen molar-refractivity contribution in [3.63, 3.8) is 0 Å². The highest BCUT2D eigenvalue weighted by Crippen LogP contribution is 2.20. The fourth-order valence-electron chi connectivity index (χ4n) is 2.74. The molecule has 1 heterocycles. The number of amides is 1. The van der Waals surface area contributed by atoms with Crippen molar-refractivity contribution in [2.45, 2.75) is 32.9 Å². The van der Waals surface area contributed by atoms with Gasteiger partial charge in [-0.2, -0.15) is 5.10 Å². The highest BCUT2D eigenvalue weighted by atomic mass is 16.6. The Labute approximate surface area is 163 Å². The van der Waals surface area contributed by atoms with Crippen LogP contribution in [0.15, 0.2) is 54.7 Å². The number of carbonyl (C=O) groups excluding carboxylic acids is 2. The van der Waals surface area contributed by atoms with Gasteiger partial charge in [-0.1, -0.05) is 30.3 Å². The fourth-order valence-corrected chi connectivity index (χ4v) is 2.74. The molecule has 146 valence electrons. The highest BCUT2D eigenvalue weighted by Gasteiger charge is 2.20. The van der Waals surface area contributed by atoms with Crippen LogP contribution in [0.4, 0.5) is 5.82 Å². The van der Waals surface area contributed by atoms with Gasteiger partial charge >= 0.3 is 5.97 Å². The molecule has 0 aliphatic heterocycles. The number of hydrogen-bond donors (Lipinski definition) is 1. The second kappa shape index (κ2) is 8.56. The SMILES string of the molecule is CC(C)n1nccc1NC(=O)[C@@H](C)OC(=O)COc1ccc2ccccc2c1. The Bertz CT molecular complexity index is 980. The first kappa shape index (κ1) is 19.4. The molecule has 0 saturated heterocycles. The van der Waals surface area contributed by atoms with Gasteiger partial charge in [0.1, 0.15) is 11.6 Å². The molecule has 0 radical (unpaired) electrons. The Morgan fingerprint density at radius 2 is 1.82 bits per heavy atom. The molecule has 0 bridgehead atoms. The molecule has 0 spiro atoms. The van der Waals surface area contributed by atoms with Crippen molar-refractivity contribution in [1.82, 2.24) is 9.78 Å². The van der Waals surface area contributed by atoms with E-state index < -0.39 is 18.0 Å². The maximum atomic E-state index is 12.3. The van der Waals surface area contributed by atoms with Crippen molar-refractivity contribution in [3.05, 3.63) is 54.7 Å². The van der Waals surface area contributed by atoms with Crippen molar-refractivity contribution in [1.29, 1.82) is 0 Å². The summed E-state index contributed by atoms with van der Waals surface area (Å²) < 4.78 is 12.3. The molecular formula is C21H23N3O4. The smallest absolute Gasteiger partial charge is 0.344 e. The van der Waals surface area contributed by atoms with Gasteiger partial charge in [0.15, 0.2) is 12.7 Å². The van der Waals surface area contributed by atoms with Crippen molar-refractivity contribution in [2.24, 2.45) is 0 Å². The summed E-state index contributed by atoms with van der Waals surface area (Å²) in [5.41, 5.74) is 0. The van der Waals surface area contributed by atoms with E-state index in [2.05, 4.69) is 10.4 Å². The van der Waals surface area contributed by atoms with Gasteiger partial charge in [-0.25, -0.2) is 9.48 Å². The Morgan fingerprint density at radius 3 is 2.57 bits per heavy atom. The Morgan fingerprint density at radius 1 is 1.07 bits per heavy atom. The predicted octanol–water partition coefficient (Wildman–Crippen LogP) is 3.57. The van der Waals surface area contributed by atoms with Crippen LogP contribution in [0.5, 0.6) is 5.75 Å². The molecule has 28 heavy (non-hydrogen) atoms. The molecule has 0 aliphatic carbocycles. The Hall–Kier alpha value is -3.35. The summed E-state index contributed by atoms with van der Waals surface area (Å²) in [6, 6.07) is 15.2. The lowest BCUT2D eigenvalue weighted by atomic mass is 10.1. The molecule has 1 N–H and O–H groups in total. The van der Waals surface area contributed by atoms with E-state index in [1.165, 1.54) is 6.92 Å². The van der Waals surface area contributed by atoms with Gasteiger partial charge < -0.3 is 14.8 Å². The third-order valence-electron chi connectivity index (χ3n) is 4.17. The summed E-state index contributed by atoms with van der Waals surface area (Å²) in [7, 11) is 0. The number of aromatic nitrogens is 2. The number of carbonyl (C=O) groups is 2. The van der Waals surface area contributed by atoms with Gasteiger partial charge in [0.25, 0.3) is 5.91 Å². The zero-order valence-corrected chi connectivity index (χ0v) is 16.1. The minimum Gasteiger partial charge on any atom is -0.482 e. The van der Waals surface area contributed by atoms with E-state index in [1.54, 1.807) is 23.0 Å². The van der Waals surface area contributed by atoms with Crippen molar-refractivity contribution >= 4 is 28.5 Å². The summed E-state index contributed by atoms with van der Waals surface area (Å²) in [5, 5.41) is 8.97. The Balaban J connectivity index is 1.51. The van der Waals surface area contributed by atoms with Crippen LogP contribution in [-0.4, -0.2) is 34.4 Å². The molecule has 0 unspecified atom stereocenters. The molecule has 2 aromatic carbocycles. The summed E-state index contributed by atoms with van der Waals surface area (Å²) >= 11 is 0. The predicted molar refractivity (Wildman–Crippen MR) is 106 cm³/mol. The molecule has 1 amide bonds. The second-order valence-electron chi connectivity index (χ2n) is 6.67. The molecule has 3 aromatic rings. The third kappa shape index (κ3) is 4.68. The summed E-state index contributed by atoms with van der Waals surface area (Å²) in [6.07, 6.45) is 0.646. The van der Waals surface area contributed by atoms with Crippen LogP contribution in [-0.2, 0) is 14.3 Å². The maximum Gasteiger partial charge on any atom is 0.344 e. The van der Waals surface area contributed by atoms with Gasteiger partial charge in [0, 0.05) is 12.1 Å². The standard InChI is InChI=1S/C21H23N3O4/c1-14(2)24-19(10-11-22-24)23-21(26)15(3)28-20(25)13-27-18-9-8-16-6-4-5-7-17(16)12-18/h4-12,14-15H,13H2,1-3H3,(H,23,26)/t15-/m1/s1. The van der Waals surface area contributed by atoms with Crippen LogP contribution in [0.2, 0.25) is 0 Å². The minimum absolute atomic E-state index is 0.0958. The number of ether oxygens (including phenoxy) is 2.